The fourth-order valence-electron chi connectivity index (χ4n) is 3.04. The number of aromatic nitrogens is 5. The van der Waals surface area contributed by atoms with Gasteiger partial charge in [-0.2, -0.15) is 10.2 Å². The number of hydrogen-bond acceptors (Lipinski definition) is 5. The van der Waals surface area contributed by atoms with E-state index in [4.69, 9.17) is 17.0 Å². The summed E-state index contributed by atoms with van der Waals surface area (Å²) in [7, 11) is 1.90. The largest absolute Gasteiger partial charge is 0.494 e. The highest BCUT2D eigenvalue weighted by Crippen LogP contribution is 2.21. The molecule has 3 rings (SSSR count). The van der Waals surface area contributed by atoms with Crippen molar-refractivity contribution >= 4 is 18.1 Å². The molecule has 2 aromatic heterocycles. The van der Waals surface area contributed by atoms with Crippen molar-refractivity contribution in [3.63, 3.8) is 0 Å². The normalized spacial score (nSPS) is 10.8. The van der Waals surface area contributed by atoms with Crippen molar-refractivity contribution < 1.29 is 9.53 Å². The summed E-state index contributed by atoms with van der Waals surface area (Å²) >= 11 is 5.34. The van der Waals surface area contributed by atoms with Crippen LogP contribution in [0.5, 0.6) is 5.75 Å². The lowest BCUT2D eigenvalue weighted by Gasteiger charge is -2.09. The second-order valence-corrected chi connectivity index (χ2v) is 7.07. The molecule has 3 aromatic rings. The molecular formula is C20H26N6O2S. The average molecular weight is 415 g/mol. The Labute approximate surface area is 174 Å². The van der Waals surface area contributed by atoms with E-state index in [9.17, 15) is 4.79 Å². The van der Waals surface area contributed by atoms with Gasteiger partial charge in [0.1, 0.15) is 5.75 Å². The lowest BCUT2D eigenvalue weighted by atomic mass is 10.2. The second kappa shape index (κ2) is 10.0. The first kappa shape index (κ1) is 20.8. The first-order valence-corrected chi connectivity index (χ1v) is 10.1. The van der Waals surface area contributed by atoms with Crippen molar-refractivity contribution in [3.05, 3.63) is 47.0 Å². The van der Waals surface area contributed by atoms with Crippen LogP contribution in [-0.4, -0.2) is 43.6 Å². The predicted octanol–water partition coefficient (Wildman–Crippen LogP) is 2.88. The standard InChI is InChI=1S/C20H26N6O2S/c1-3-28-17-8-6-16(7-9-17)19-23-24-20(29)26(19)12-10-18(27)21-11-4-5-15-13-22-25(2)14-15/h6-9,13-14H,3-5,10-12H2,1-2H3,(H,21,27)(H,24,29). The molecule has 2 N–H and O–H groups in total. The van der Waals surface area contributed by atoms with Crippen LogP contribution < -0.4 is 10.1 Å². The Hall–Kier alpha value is -2.94. The van der Waals surface area contributed by atoms with Gasteiger partial charge in [-0.25, -0.2) is 0 Å². The minimum Gasteiger partial charge on any atom is -0.494 e. The SMILES string of the molecule is CCOc1ccc(-c2n[nH]c(=S)n2CCC(=O)NCCCc2cnn(C)c2)cc1. The van der Waals surface area contributed by atoms with E-state index in [1.54, 1.807) is 4.68 Å². The topological polar surface area (TPSA) is 89.8 Å². The van der Waals surface area contributed by atoms with Gasteiger partial charge in [-0.1, -0.05) is 0 Å². The van der Waals surface area contributed by atoms with Crippen LogP contribution in [0.1, 0.15) is 25.3 Å². The third-order valence-corrected chi connectivity index (χ3v) is 4.78. The number of aryl methyl sites for hydroxylation is 2. The summed E-state index contributed by atoms with van der Waals surface area (Å²) in [6.07, 6.45) is 5.95. The highest BCUT2D eigenvalue weighted by molar-refractivity contribution is 7.71. The quantitative estimate of drug-likeness (QED) is 0.393. The van der Waals surface area contributed by atoms with Crippen molar-refractivity contribution in [2.24, 2.45) is 7.05 Å². The molecule has 0 saturated carbocycles. The van der Waals surface area contributed by atoms with Crippen molar-refractivity contribution in [1.82, 2.24) is 29.9 Å². The third kappa shape index (κ3) is 5.77. The van der Waals surface area contributed by atoms with E-state index in [2.05, 4.69) is 20.6 Å². The first-order valence-electron chi connectivity index (χ1n) is 9.69. The maximum Gasteiger partial charge on any atom is 0.221 e. The molecular weight excluding hydrogens is 388 g/mol. The van der Waals surface area contributed by atoms with E-state index >= 15 is 0 Å². The number of aromatic amines is 1. The zero-order valence-electron chi connectivity index (χ0n) is 16.7. The van der Waals surface area contributed by atoms with Crippen LogP contribution in [0.25, 0.3) is 11.4 Å². The maximum atomic E-state index is 12.2. The zero-order valence-corrected chi connectivity index (χ0v) is 17.5. The fraction of sp³-hybridized carbons (Fsp3) is 0.400. The Kier molecular flexibility index (Phi) is 7.18. The van der Waals surface area contributed by atoms with Crippen LogP contribution in [0, 0.1) is 4.77 Å². The summed E-state index contributed by atoms with van der Waals surface area (Å²) in [6.45, 7) is 3.67. The van der Waals surface area contributed by atoms with E-state index in [0.29, 0.717) is 36.7 Å². The van der Waals surface area contributed by atoms with E-state index < -0.39 is 0 Å². The van der Waals surface area contributed by atoms with Gasteiger partial charge in [0.2, 0.25) is 5.91 Å². The Morgan fingerprint density at radius 2 is 2.10 bits per heavy atom. The van der Waals surface area contributed by atoms with Crippen molar-refractivity contribution in [1.29, 1.82) is 0 Å². The Bertz CT molecular complexity index is 989. The van der Waals surface area contributed by atoms with Crippen molar-refractivity contribution in [3.8, 4) is 17.1 Å². The van der Waals surface area contributed by atoms with Gasteiger partial charge >= 0.3 is 0 Å². The summed E-state index contributed by atoms with van der Waals surface area (Å²) in [5.74, 6) is 1.52. The molecule has 0 unspecified atom stereocenters. The van der Waals surface area contributed by atoms with Gasteiger partial charge in [-0.3, -0.25) is 19.1 Å². The van der Waals surface area contributed by atoms with E-state index in [1.165, 1.54) is 5.56 Å². The smallest absolute Gasteiger partial charge is 0.221 e. The van der Waals surface area contributed by atoms with Crippen LogP contribution in [0.15, 0.2) is 36.7 Å². The molecule has 1 aromatic carbocycles. The van der Waals surface area contributed by atoms with Crippen LogP contribution in [-0.2, 0) is 24.8 Å². The molecule has 29 heavy (non-hydrogen) atoms. The first-order chi connectivity index (χ1) is 14.1. The number of hydrogen-bond donors (Lipinski definition) is 2. The maximum absolute atomic E-state index is 12.2. The molecule has 154 valence electrons. The lowest BCUT2D eigenvalue weighted by molar-refractivity contribution is -0.121. The van der Waals surface area contributed by atoms with Gasteiger partial charge in [0.15, 0.2) is 10.6 Å². The van der Waals surface area contributed by atoms with Crippen molar-refractivity contribution in [2.75, 3.05) is 13.2 Å². The Morgan fingerprint density at radius 1 is 1.31 bits per heavy atom. The van der Waals surface area contributed by atoms with Crippen LogP contribution in [0.4, 0.5) is 0 Å². The van der Waals surface area contributed by atoms with Gasteiger partial charge < -0.3 is 10.1 Å². The van der Waals surface area contributed by atoms with Gasteiger partial charge in [0, 0.05) is 38.3 Å². The van der Waals surface area contributed by atoms with Crippen LogP contribution in [0.3, 0.4) is 0 Å². The van der Waals surface area contributed by atoms with Crippen LogP contribution in [0.2, 0.25) is 0 Å². The monoisotopic (exact) mass is 414 g/mol. The van der Waals surface area contributed by atoms with Gasteiger partial charge in [0.25, 0.3) is 0 Å². The summed E-state index contributed by atoms with van der Waals surface area (Å²) < 4.78 is 9.60. The number of H-pyrrole nitrogens is 1. The number of nitrogens with one attached hydrogen (secondary N) is 2. The molecule has 8 nitrogen and oxygen atoms in total. The summed E-state index contributed by atoms with van der Waals surface area (Å²) in [4.78, 5) is 12.2. The summed E-state index contributed by atoms with van der Waals surface area (Å²) in [5.41, 5.74) is 2.09. The minimum atomic E-state index is -0.00284. The molecule has 2 heterocycles. The highest BCUT2D eigenvalue weighted by Gasteiger charge is 2.11. The molecule has 0 radical (unpaired) electrons. The third-order valence-electron chi connectivity index (χ3n) is 4.47. The average Bonchev–Trinajstić information content (AvgIpc) is 3.30. The molecule has 0 fully saturated rings. The van der Waals surface area contributed by atoms with E-state index in [0.717, 1.165) is 24.2 Å². The lowest BCUT2D eigenvalue weighted by Crippen LogP contribution is -2.25. The number of benzene rings is 1. The van der Waals surface area contributed by atoms with Crippen LogP contribution >= 0.6 is 12.2 Å². The second-order valence-electron chi connectivity index (χ2n) is 6.69. The molecule has 0 aliphatic rings. The molecule has 1 amide bonds. The number of amides is 1. The fourth-order valence-corrected chi connectivity index (χ4v) is 3.26. The van der Waals surface area contributed by atoms with E-state index in [-0.39, 0.29) is 5.91 Å². The Balaban J connectivity index is 1.50. The highest BCUT2D eigenvalue weighted by atomic mass is 32.1. The number of ether oxygens (including phenoxy) is 1. The van der Waals surface area contributed by atoms with Crippen molar-refractivity contribution in [2.45, 2.75) is 32.7 Å². The number of carbonyl (C=O) groups is 1. The van der Waals surface area contributed by atoms with E-state index in [1.807, 2.05) is 55.2 Å². The van der Waals surface area contributed by atoms with Gasteiger partial charge in [0.05, 0.1) is 12.8 Å². The minimum absolute atomic E-state index is 0.00284. The Morgan fingerprint density at radius 3 is 2.79 bits per heavy atom. The molecule has 9 heteroatoms. The number of rotatable bonds is 10. The zero-order chi connectivity index (χ0) is 20.6. The predicted molar refractivity (Wildman–Crippen MR) is 113 cm³/mol. The van der Waals surface area contributed by atoms with Gasteiger partial charge in [-0.15, -0.1) is 0 Å². The van der Waals surface area contributed by atoms with Gasteiger partial charge in [-0.05, 0) is 61.8 Å². The number of nitrogens with zero attached hydrogens (tertiary/aromatic N) is 4. The summed E-state index contributed by atoms with van der Waals surface area (Å²) in [5, 5.41) is 14.2. The molecule has 0 aliphatic heterocycles. The molecule has 0 bridgehead atoms. The molecule has 0 aliphatic carbocycles. The molecule has 0 spiro atoms. The molecule has 0 atom stereocenters. The number of carbonyl (C=O) groups excluding carboxylic acids is 1. The summed E-state index contributed by atoms with van der Waals surface area (Å²) in [6, 6.07) is 7.67. The molecule has 0 saturated heterocycles.